The summed E-state index contributed by atoms with van der Waals surface area (Å²) < 4.78 is 0. The molecule has 0 radical (unpaired) electrons. The number of hydrogen-bond acceptors (Lipinski definition) is 1. The zero-order valence-electron chi connectivity index (χ0n) is 8.95. The molecule has 0 aromatic rings. The van der Waals surface area contributed by atoms with Crippen molar-refractivity contribution in [2.45, 2.75) is 13.3 Å². The van der Waals surface area contributed by atoms with Crippen LogP contribution in [0.1, 0.15) is 13.3 Å². The monoisotopic (exact) mass is 297 g/mol. The van der Waals surface area contributed by atoms with Crippen LogP contribution in [0, 0.1) is 0 Å². The van der Waals surface area contributed by atoms with Gasteiger partial charge in [0.2, 0.25) is 0 Å². The molecule has 3 nitrogen and oxygen atoms in total. The molecule has 0 aromatic carbocycles. The maximum atomic E-state index is 8.47. The predicted molar refractivity (Wildman–Crippen MR) is 48.8 cm³/mol. The second kappa shape index (κ2) is 10.4. The van der Waals surface area contributed by atoms with E-state index in [0.29, 0.717) is 12.1 Å². The Morgan fingerprint density at radius 1 is 1.40 bits per heavy atom. The third kappa shape index (κ3) is 6.11. The largest absolute Gasteiger partial charge is 2.00 e. The van der Waals surface area contributed by atoms with Crippen molar-refractivity contribution in [3.63, 3.8) is 0 Å². The van der Waals surface area contributed by atoms with Crippen molar-refractivity contribution in [3.05, 3.63) is 29.5 Å². The van der Waals surface area contributed by atoms with E-state index in [-0.39, 0.29) is 44.3 Å². The van der Waals surface area contributed by atoms with Crippen LogP contribution in [0.4, 0.5) is 0 Å². The summed E-state index contributed by atoms with van der Waals surface area (Å²) in [5.74, 6) is 0. The third-order valence-electron chi connectivity index (χ3n) is 2.01. The van der Waals surface area contributed by atoms with Gasteiger partial charge in [-0.05, 0) is 19.1 Å². The summed E-state index contributed by atoms with van der Waals surface area (Å²) in [6.45, 7) is 3.09. The van der Waals surface area contributed by atoms with E-state index in [2.05, 4.69) is 22.7 Å². The van der Waals surface area contributed by atoms with Gasteiger partial charge in [-0.3, -0.25) is 0 Å². The van der Waals surface area contributed by atoms with Crippen molar-refractivity contribution in [2.24, 2.45) is 0 Å². The topological polar surface area (TPSA) is 39.6 Å². The van der Waals surface area contributed by atoms with Crippen LogP contribution in [0.2, 0.25) is 0 Å². The van der Waals surface area contributed by atoms with Crippen LogP contribution in [-0.2, 0) is 19.5 Å². The smallest absolute Gasteiger partial charge is 1.00 e. The van der Waals surface area contributed by atoms with Crippen LogP contribution in [0.15, 0.2) is 23.9 Å². The predicted octanol–water partition coefficient (Wildman–Crippen LogP) is -4.54. The Morgan fingerprint density at radius 3 is 2.33 bits per heavy atom. The number of allylic oxidation sites excluding steroid dienone is 3. The van der Waals surface area contributed by atoms with E-state index in [9.17, 15) is 0 Å². The summed E-state index contributed by atoms with van der Waals surface area (Å²) in [6, 6.07) is 0. The fraction of sp³-hybridized carbons (Fsp3) is 0.444. The van der Waals surface area contributed by atoms with Crippen molar-refractivity contribution in [1.82, 2.24) is 4.90 Å². The molecule has 80 valence electrons. The van der Waals surface area contributed by atoms with Gasteiger partial charge < -0.3 is 35.2 Å². The van der Waals surface area contributed by atoms with Gasteiger partial charge in [-0.15, -0.1) is 0 Å². The summed E-state index contributed by atoms with van der Waals surface area (Å²) in [6.07, 6.45) is 6.56. The average Bonchev–Trinajstić information content (AvgIpc) is 2.17. The van der Waals surface area contributed by atoms with Gasteiger partial charge in [0, 0.05) is 25.4 Å². The van der Waals surface area contributed by atoms with Crippen LogP contribution in [0.25, 0.3) is 5.53 Å². The maximum absolute atomic E-state index is 8.47. The number of likely N-dealkylation sites (N-methyl/N-ethyl adjacent to an activating group) is 1. The second-order valence-electron chi connectivity index (χ2n) is 2.77. The molecule has 0 atom stereocenters. The summed E-state index contributed by atoms with van der Waals surface area (Å²) in [5.41, 5.74) is 10.4. The van der Waals surface area contributed by atoms with Crippen LogP contribution in [0.3, 0.4) is 0 Å². The van der Waals surface area contributed by atoms with Gasteiger partial charge >= 0.3 is 19.5 Å². The minimum Gasteiger partial charge on any atom is -1.00 e. The first kappa shape index (κ1) is 20.3. The molecule has 1 rings (SSSR count). The fourth-order valence-electron chi connectivity index (χ4n) is 1.07. The van der Waals surface area contributed by atoms with Crippen molar-refractivity contribution >= 4 is 5.71 Å². The molecule has 0 N–H and O–H groups in total. The van der Waals surface area contributed by atoms with E-state index in [4.69, 9.17) is 5.53 Å². The van der Waals surface area contributed by atoms with Crippen LogP contribution >= 0.6 is 0 Å². The van der Waals surface area contributed by atoms with E-state index >= 15 is 0 Å². The van der Waals surface area contributed by atoms with Crippen molar-refractivity contribution in [2.75, 3.05) is 13.6 Å². The van der Waals surface area contributed by atoms with E-state index in [1.54, 1.807) is 0 Å². The Bertz CT molecular complexity index is 283. The minimum absolute atomic E-state index is 0. The zero-order valence-corrected chi connectivity index (χ0v) is 13.4. The first-order chi connectivity index (χ1) is 5.77. The molecule has 0 saturated carbocycles. The van der Waals surface area contributed by atoms with E-state index in [0.717, 1.165) is 6.54 Å². The molecular formula is C9H13Cl2N3Zn. The van der Waals surface area contributed by atoms with E-state index < -0.39 is 0 Å². The quantitative estimate of drug-likeness (QED) is 0.288. The zero-order chi connectivity index (χ0) is 8.97. The molecule has 0 heterocycles. The first-order valence-electron chi connectivity index (χ1n) is 4.08. The van der Waals surface area contributed by atoms with Gasteiger partial charge in [-0.25, -0.2) is 0 Å². The van der Waals surface area contributed by atoms with Gasteiger partial charge in [0.1, 0.15) is 0 Å². The van der Waals surface area contributed by atoms with Crippen molar-refractivity contribution in [3.8, 4) is 0 Å². The maximum Gasteiger partial charge on any atom is 2.00 e. The number of hydrogen-bond donors (Lipinski definition) is 0. The molecule has 0 fully saturated rings. The van der Waals surface area contributed by atoms with Gasteiger partial charge in [0.05, 0.1) is 6.42 Å². The molecule has 0 unspecified atom stereocenters. The molecule has 15 heavy (non-hydrogen) atoms. The average molecular weight is 300 g/mol. The van der Waals surface area contributed by atoms with Crippen LogP contribution < -0.4 is 24.8 Å². The minimum atomic E-state index is 0. The number of nitrogens with zero attached hydrogens (tertiary/aromatic N) is 3. The van der Waals surface area contributed by atoms with Crippen LogP contribution in [0.5, 0.6) is 0 Å². The van der Waals surface area contributed by atoms with Gasteiger partial charge in [0.15, 0.2) is 0 Å². The Labute approximate surface area is 116 Å². The summed E-state index contributed by atoms with van der Waals surface area (Å²) in [5, 5.41) is 0. The molecular weight excluding hydrogens is 286 g/mol. The summed E-state index contributed by atoms with van der Waals surface area (Å²) >= 11 is 0. The Kier molecular flexibility index (Phi) is 14.1. The Morgan fingerprint density at radius 2 is 2.00 bits per heavy atom. The van der Waals surface area contributed by atoms with Crippen LogP contribution in [-0.4, -0.2) is 29.0 Å². The normalized spacial score (nSPS) is 12.4. The molecule has 1 aliphatic carbocycles. The standard InChI is InChI=1S/C9H13N3.2ClH.Zn/c1-3-12(2)9-6-4-8(11-10)5-7-9;;;/h4,6-7H,3,5H2,1-2H3;2*1H;/q;;;+2/p-2. The molecule has 0 spiro atoms. The Hall–Kier alpha value is -0.137. The van der Waals surface area contributed by atoms with Gasteiger partial charge in [0.25, 0.3) is 5.71 Å². The van der Waals surface area contributed by atoms with Gasteiger partial charge in [-0.1, -0.05) is 0 Å². The molecule has 0 aromatic heterocycles. The first-order valence-corrected chi connectivity index (χ1v) is 4.08. The van der Waals surface area contributed by atoms with E-state index in [1.807, 2.05) is 19.2 Å². The third-order valence-corrected chi connectivity index (χ3v) is 2.01. The Balaban J connectivity index is -0.000000480. The SMILES string of the molecule is CCN(C)C1=CCC(=[N+]=[N-])C=C1.[Cl-].[Cl-].[Zn+2]. The van der Waals surface area contributed by atoms with E-state index in [1.165, 1.54) is 5.70 Å². The fourth-order valence-corrected chi connectivity index (χ4v) is 1.07. The van der Waals surface area contributed by atoms with Crippen molar-refractivity contribution in [1.29, 1.82) is 0 Å². The molecule has 0 amide bonds. The molecule has 6 heteroatoms. The summed E-state index contributed by atoms with van der Waals surface area (Å²) in [4.78, 5) is 5.28. The molecule has 0 bridgehead atoms. The summed E-state index contributed by atoms with van der Waals surface area (Å²) in [7, 11) is 2.04. The number of rotatable bonds is 2. The van der Waals surface area contributed by atoms with Crippen molar-refractivity contribution < 1.29 is 49.1 Å². The molecule has 0 saturated heterocycles. The molecule has 0 aliphatic heterocycles. The number of halogens is 2. The second-order valence-corrected chi connectivity index (χ2v) is 2.77. The molecule has 1 aliphatic rings. The van der Waals surface area contributed by atoms with Gasteiger partial charge in [-0.2, -0.15) is 4.79 Å².